The molecule has 0 saturated carbocycles. The highest BCUT2D eigenvalue weighted by Gasteiger charge is 2.31. The van der Waals surface area contributed by atoms with E-state index in [1.54, 1.807) is 19.1 Å². The zero-order chi connectivity index (χ0) is 10.1. The minimum absolute atomic E-state index is 0.224. The van der Waals surface area contributed by atoms with Crippen LogP contribution in [0.2, 0.25) is 0 Å². The normalized spacial score (nSPS) is 11.5. The van der Waals surface area contributed by atoms with Crippen LogP contribution in [0, 0.1) is 6.92 Å². The quantitative estimate of drug-likeness (QED) is 0.744. The summed E-state index contributed by atoms with van der Waals surface area (Å²) in [6, 6.07) is 4.37. The van der Waals surface area contributed by atoms with Crippen LogP contribution < -0.4 is 4.74 Å². The molecule has 1 nitrogen and oxygen atoms in total. The molecule has 0 aliphatic rings. The average molecular weight is 255 g/mol. The third kappa shape index (κ3) is 3.26. The second kappa shape index (κ2) is 3.57. The largest absolute Gasteiger partial charge is 0.573 e. The highest BCUT2D eigenvalue weighted by atomic mass is 79.9. The van der Waals surface area contributed by atoms with Gasteiger partial charge in [-0.3, -0.25) is 0 Å². The van der Waals surface area contributed by atoms with Crippen LogP contribution in [0.5, 0.6) is 5.75 Å². The van der Waals surface area contributed by atoms with E-state index in [4.69, 9.17) is 0 Å². The van der Waals surface area contributed by atoms with Crippen LogP contribution in [0.4, 0.5) is 13.2 Å². The second-order valence-electron chi connectivity index (χ2n) is 2.48. The van der Waals surface area contributed by atoms with E-state index in [1.165, 1.54) is 6.07 Å². The Morgan fingerprint density at radius 2 is 1.92 bits per heavy atom. The lowest BCUT2D eigenvalue weighted by molar-refractivity contribution is -0.274. The number of alkyl halides is 3. The van der Waals surface area contributed by atoms with Gasteiger partial charge in [0.1, 0.15) is 5.75 Å². The van der Waals surface area contributed by atoms with Gasteiger partial charge in [0.25, 0.3) is 0 Å². The predicted octanol–water partition coefficient (Wildman–Crippen LogP) is 3.66. The molecule has 1 aromatic carbocycles. The molecule has 0 bridgehead atoms. The van der Waals surface area contributed by atoms with Gasteiger partial charge in [-0.15, -0.1) is 13.2 Å². The number of benzene rings is 1. The van der Waals surface area contributed by atoms with Gasteiger partial charge in [0.05, 0.1) is 4.47 Å². The molecule has 0 heterocycles. The third-order valence-electron chi connectivity index (χ3n) is 1.31. The number of aryl methyl sites for hydroxylation is 1. The van der Waals surface area contributed by atoms with Crippen LogP contribution in [0.3, 0.4) is 0 Å². The lowest BCUT2D eigenvalue weighted by Gasteiger charge is -2.10. The molecule has 0 N–H and O–H groups in total. The summed E-state index contributed by atoms with van der Waals surface area (Å²) in [5, 5.41) is 0. The minimum Gasteiger partial charge on any atom is -0.405 e. The molecule has 13 heavy (non-hydrogen) atoms. The summed E-state index contributed by atoms with van der Waals surface area (Å²) < 4.78 is 39.4. The summed E-state index contributed by atoms with van der Waals surface area (Å²) in [4.78, 5) is 0. The predicted molar refractivity (Wildman–Crippen MR) is 45.6 cm³/mol. The SMILES string of the molecule is Cc1ccc(OC(F)(F)F)c(Br)c1. The van der Waals surface area contributed by atoms with E-state index < -0.39 is 6.36 Å². The molecule has 0 atom stereocenters. The molecule has 0 fully saturated rings. The highest BCUT2D eigenvalue weighted by Crippen LogP contribution is 2.30. The molecule has 0 spiro atoms. The fourth-order valence-corrected chi connectivity index (χ4v) is 1.39. The van der Waals surface area contributed by atoms with Gasteiger partial charge in [-0.2, -0.15) is 0 Å². The van der Waals surface area contributed by atoms with Crippen LogP contribution in [0.25, 0.3) is 0 Å². The van der Waals surface area contributed by atoms with Crippen molar-refractivity contribution in [2.75, 3.05) is 0 Å². The fourth-order valence-electron chi connectivity index (χ4n) is 0.813. The summed E-state index contributed by atoms with van der Waals surface area (Å²) in [5.41, 5.74) is 0.862. The van der Waals surface area contributed by atoms with Crippen molar-refractivity contribution in [2.24, 2.45) is 0 Å². The Bertz CT molecular complexity index is 309. The van der Waals surface area contributed by atoms with Crippen LogP contribution in [-0.4, -0.2) is 6.36 Å². The van der Waals surface area contributed by atoms with Gasteiger partial charge < -0.3 is 4.74 Å². The maximum Gasteiger partial charge on any atom is 0.573 e. The molecule has 1 aromatic rings. The minimum atomic E-state index is -4.64. The summed E-state index contributed by atoms with van der Waals surface area (Å²) in [6.45, 7) is 1.78. The van der Waals surface area contributed by atoms with Crippen LogP contribution >= 0.6 is 15.9 Å². The first-order valence-corrected chi connectivity index (χ1v) is 4.20. The highest BCUT2D eigenvalue weighted by molar-refractivity contribution is 9.10. The first-order valence-electron chi connectivity index (χ1n) is 3.40. The molecular weight excluding hydrogens is 249 g/mol. The van der Waals surface area contributed by atoms with E-state index in [0.29, 0.717) is 4.47 Å². The van der Waals surface area contributed by atoms with Gasteiger partial charge in [-0.1, -0.05) is 6.07 Å². The number of ether oxygens (including phenoxy) is 1. The Hall–Kier alpha value is -0.710. The fraction of sp³-hybridized carbons (Fsp3) is 0.250. The maximum absolute atomic E-state index is 11.8. The molecule has 0 saturated heterocycles. The maximum atomic E-state index is 11.8. The Kier molecular flexibility index (Phi) is 2.85. The zero-order valence-electron chi connectivity index (χ0n) is 6.65. The average Bonchev–Trinajstić information content (AvgIpc) is 1.93. The van der Waals surface area contributed by atoms with Crippen LogP contribution in [0.15, 0.2) is 22.7 Å². The molecular formula is C8H6BrF3O. The van der Waals surface area contributed by atoms with Gasteiger partial charge in [-0.25, -0.2) is 0 Å². The molecule has 0 unspecified atom stereocenters. The van der Waals surface area contributed by atoms with Crippen molar-refractivity contribution in [2.45, 2.75) is 13.3 Å². The van der Waals surface area contributed by atoms with Crippen molar-refractivity contribution in [1.82, 2.24) is 0 Å². The van der Waals surface area contributed by atoms with E-state index in [2.05, 4.69) is 20.7 Å². The molecule has 0 aliphatic carbocycles. The van der Waals surface area contributed by atoms with Crippen LogP contribution in [0.1, 0.15) is 5.56 Å². The van der Waals surface area contributed by atoms with Gasteiger partial charge in [-0.05, 0) is 40.5 Å². The molecule has 5 heteroatoms. The topological polar surface area (TPSA) is 9.23 Å². The lowest BCUT2D eigenvalue weighted by Crippen LogP contribution is -2.17. The van der Waals surface area contributed by atoms with Crippen LogP contribution in [-0.2, 0) is 0 Å². The first-order chi connectivity index (χ1) is 5.88. The summed E-state index contributed by atoms with van der Waals surface area (Å²) in [5.74, 6) is -0.224. The Morgan fingerprint density at radius 1 is 1.31 bits per heavy atom. The third-order valence-corrected chi connectivity index (χ3v) is 1.93. The van der Waals surface area contributed by atoms with E-state index in [1.807, 2.05) is 0 Å². The van der Waals surface area contributed by atoms with Gasteiger partial charge in [0, 0.05) is 0 Å². The van der Waals surface area contributed by atoms with Gasteiger partial charge >= 0.3 is 6.36 Å². The Labute approximate surface area is 81.6 Å². The molecule has 72 valence electrons. The van der Waals surface area contributed by atoms with E-state index >= 15 is 0 Å². The number of halogens is 4. The number of hydrogen-bond donors (Lipinski definition) is 0. The first kappa shape index (κ1) is 10.4. The van der Waals surface area contributed by atoms with Gasteiger partial charge in [0.2, 0.25) is 0 Å². The Balaban J connectivity index is 2.90. The standard InChI is InChI=1S/C8H6BrF3O/c1-5-2-3-7(6(9)4-5)13-8(10,11)12/h2-4H,1H3. The van der Waals surface area contributed by atoms with Crippen molar-refractivity contribution in [3.8, 4) is 5.75 Å². The number of rotatable bonds is 1. The number of hydrogen-bond acceptors (Lipinski definition) is 1. The van der Waals surface area contributed by atoms with E-state index in [9.17, 15) is 13.2 Å². The lowest BCUT2D eigenvalue weighted by atomic mass is 10.2. The molecule has 0 aromatic heterocycles. The summed E-state index contributed by atoms with van der Waals surface area (Å²) in [6.07, 6.45) is -4.64. The zero-order valence-corrected chi connectivity index (χ0v) is 8.24. The summed E-state index contributed by atoms with van der Waals surface area (Å²) in [7, 11) is 0. The van der Waals surface area contributed by atoms with Crippen molar-refractivity contribution >= 4 is 15.9 Å². The van der Waals surface area contributed by atoms with E-state index in [0.717, 1.165) is 5.56 Å². The van der Waals surface area contributed by atoms with E-state index in [-0.39, 0.29) is 5.75 Å². The molecule has 1 rings (SSSR count). The van der Waals surface area contributed by atoms with Crippen molar-refractivity contribution in [3.05, 3.63) is 28.2 Å². The smallest absolute Gasteiger partial charge is 0.405 e. The Morgan fingerprint density at radius 3 is 2.38 bits per heavy atom. The molecule has 0 radical (unpaired) electrons. The van der Waals surface area contributed by atoms with Gasteiger partial charge in [0.15, 0.2) is 0 Å². The molecule has 0 aliphatic heterocycles. The monoisotopic (exact) mass is 254 g/mol. The van der Waals surface area contributed by atoms with Crippen molar-refractivity contribution in [3.63, 3.8) is 0 Å². The molecule has 0 amide bonds. The van der Waals surface area contributed by atoms with Crippen molar-refractivity contribution in [1.29, 1.82) is 0 Å². The van der Waals surface area contributed by atoms with Crippen molar-refractivity contribution < 1.29 is 17.9 Å². The summed E-state index contributed by atoms with van der Waals surface area (Å²) >= 11 is 2.97. The second-order valence-corrected chi connectivity index (χ2v) is 3.34.